The highest BCUT2D eigenvalue weighted by molar-refractivity contribution is 6.39. The number of hydrogen-bond donors (Lipinski definition) is 2. The van der Waals surface area contributed by atoms with Crippen molar-refractivity contribution in [1.29, 1.82) is 0 Å². The Morgan fingerprint density at radius 3 is 2.18 bits per heavy atom. The number of halogens is 2. The van der Waals surface area contributed by atoms with Crippen LogP contribution in [0.2, 0.25) is 10.0 Å². The Hall–Kier alpha value is -3.76. The maximum atomic E-state index is 11.5. The Kier molecular flexibility index (Phi) is 9.51. The van der Waals surface area contributed by atoms with E-state index in [1.54, 1.807) is 20.4 Å². The van der Waals surface area contributed by atoms with Crippen LogP contribution in [0.25, 0.3) is 33.6 Å². The van der Waals surface area contributed by atoms with Crippen LogP contribution in [0.15, 0.2) is 54.7 Å². The van der Waals surface area contributed by atoms with E-state index in [9.17, 15) is 9.90 Å². The fourth-order valence-electron chi connectivity index (χ4n) is 5.98. The number of aliphatic hydroxyl groups is 1. The van der Waals surface area contributed by atoms with Crippen LogP contribution in [-0.4, -0.2) is 70.3 Å². The first-order chi connectivity index (χ1) is 21.8. The van der Waals surface area contributed by atoms with Crippen LogP contribution >= 0.6 is 23.2 Å². The SMILES string of the molecule is COc1nc(-c2cccc(-c3cccc(-c4cnc(CCC[C@@H]5CCC(=O)N5)c(OC)n4)c3Cl)c2Cl)ccc1CN1CC(O)C1. The Morgan fingerprint density at radius 1 is 0.911 bits per heavy atom. The minimum Gasteiger partial charge on any atom is -0.481 e. The molecule has 234 valence electrons. The van der Waals surface area contributed by atoms with Crippen molar-refractivity contribution in [2.45, 2.75) is 50.8 Å². The molecule has 1 atom stereocenters. The summed E-state index contributed by atoms with van der Waals surface area (Å²) in [4.78, 5) is 27.8. The fraction of sp³-hybridized carbons (Fsp3) is 0.353. The molecule has 1 amide bonds. The van der Waals surface area contributed by atoms with Gasteiger partial charge in [0.05, 0.1) is 48.0 Å². The van der Waals surface area contributed by atoms with Gasteiger partial charge in [-0.25, -0.2) is 9.97 Å². The molecule has 2 N–H and O–H groups in total. The van der Waals surface area contributed by atoms with Gasteiger partial charge in [0.15, 0.2) is 0 Å². The van der Waals surface area contributed by atoms with Crippen molar-refractivity contribution < 1.29 is 19.4 Å². The number of aliphatic hydroxyl groups excluding tert-OH is 1. The Bertz CT molecular complexity index is 1710. The standard InChI is InChI=1S/C34H35Cl2N5O4/c1-44-33-20(17-41-18-22(42)19-41)12-14-27(39-33)25-9-4-7-23(31(25)35)24-8-5-10-26(32(24)36)29-16-37-28(34(40-29)45-2)11-3-6-21-13-15-30(43)38-21/h4-5,7-10,12,14,16,21-22,42H,3,6,11,13,15,17-19H2,1-2H3,(H,38,43)/t21-/m1/s1. The lowest BCUT2D eigenvalue weighted by molar-refractivity contribution is -0.119. The number of carbonyl (C=O) groups excluding carboxylic acids is 1. The third-order valence-electron chi connectivity index (χ3n) is 8.36. The van der Waals surface area contributed by atoms with E-state index in [0.717, 1.165) is 47.2 Å². The molecule has 0 bridgehead atoms. The predicted octanol–water partition coefficient (Wildman–Crippen LogP) is 5.97. The van der Waals surface area contributed by atoms with Crippen LogP contribution in [0.5, 0.6) is 11.8 Å². The zero-order chi connectivity index (χ0) is 31.5. The number of ether oxygens (including phenoxy) is 2. The summed E-state index contributed by atoms with van der Waals surface area (Å²) >= 11 is 14.1. The summed E-state index contributed by atoms with van der Waals surface area (Å²) in [5.74, 6) is 1.11. The van der Waals surface area contributed by atoms with Crippen LogP contribution < -0.4 is 14.8 Å². The first kappa shape index (κ1) is 31.2. The van der Waals surface area contributed by atoms with E-state index in [0.29, 0.717) is 71.2 Å². The molecule has 2 aromatic carbocycles. The van der Waals surface area contributed by atoms with Gasteiger partial charge in [0.25, 0.3) is 0 Å². The molecule has 2 saturated heterocycles. The second kappa shape index (κ2) is 13.7. The second-order valence-electron chi connectivity index (χ2n) is 11.5. The molecule has 45 heavy (non-hydrogen) atoms. The molecular weight excluding hydrogens is 613 g/mol. The van der Waals surface area contributed by atoms with Crippen LogP contribution in [0.4, 0.5) is 0 Å². The number of hydrogen-bond acceptors (Lipinski definition) is 8. The molecule has 2 aliphatic heterocycles. The average Bonchev–Trinajstić information content (AvgIpc) is 3.45. The molecule has 4 heterocycles. The van der Waals surface area contributed by atoms with E-state index in [2.05, 4.69) is 15.2 Å². The van der Waals surface area contributed by atoms with Crippen molar-refractivity contribution >= 4 is 29.1 Å². The highest BCUT2D eigenvalue weighted by Crippen LogP contribution is 2.42. The Balaban J connectivity index is 1.24. The minimum absolute atomic E-state index is 0.125. The number of likely N-dealkylation sites (tertiary alicyclic amines) is 1. The summed E-state index contributed by atoms with van der Waals surface area (Å²) in [5, 5.41) is 13.7. The summed E-state index contributed by atoms with van der Waals surface area (Å²) < 4.78 is 11.2. The summed E-state index contributed by atoms with van der Waals surface area (Å²) in [5.41, 5.74) is 5.96. The number of nitrogens with zero attached hydrogens (tertiary/aromatic N) is 4. The van der Waals surface area contributed by atoms with Gasteiger partial charge < -0.3 is 19.9 Å². The zero-order valence-electron chi connectivity index (χ0n) is 25.2. The molecule has 11 heteroatoms. The number of pyridine rings is 1. The van der Waals surface area contributed by atoms with Crippen LogP contribution in [0.3, 0.4) is 0 Å². The molecule has 4 aromatic rings. The fourth-order valence-corrected chi connectivity index (χ4v) is 6.63. The predicted molar refractivity (Wildman–Crippen MR) is 175 cm³/mol. The lowest BCUT2D eigenvalue weighted by Gasteiger charge is -2.35. The largest absolute Gasteiger partial charge is 0.481 e. The molecule has 2 fully saturated rings. The van der Waals surface area contributed by atoms with E-state index in [-0.39, 0.29) is 18.1 Å². The third kappa shape index (κ3) is 6.77. The first-order valence-corrected chi connectivity index (χ1v) is 15.8. The number of rotatable bonds is 11. The van der Waals surface area contributed by atoms with Crippen molar-refractivity contribution in [3.8, 4) is 45.4 Å². The number of β-amino-alcohol motifs (C(OH)–C–C–N with tert-alkyl or cyclic N) is 1. The van der Waals surface area contributed by atoms with Crippen molar-refractivity contribution in [2.24, 2.45) is 0 Å². The van der Waals surface area contributed by atoms with Gasteiger partial charge in [-0.15, -0.1) is 0 Å². The molecule has 0 spiro atoms. The minimum atomic E-state index is -0.271. The highest BCUT2D eigenvalue weighted by atomic mass is 35.5. The number of aromatic nitrogens is 3. The van der Waals surface area contributed by atoms with E-state index in [4.69, 9.17) is 42.6 Å². The average molecular weight is 649 g/mol. The quantitative estimate of drug-likeness (QED) is 0.205. The van der Waals surface area contributed by atoms with Gasteiger partial charge in [0.1, 0.15) is 5.69 Å². The number of nitrogens with one attached hydrogen (secondary N) is 1. The Labute approximate surface area is 272 Å². The zero-order valence-corrected chi connectivity index (χ0v) is 26.7. The number of carbonyl (C=O) groups is 1. The van der Waals surface area contributed by atoms with Crippen molar-refractivity contribution in [2.75, 3.05) is 27.3 Å². The van der Waals surface area contributed by atoms with Gasteiger partial charge in [-0.2, -0.15) is 0 Å². The molecule has 2 aromatic heterocycles. The van der Waals surface area contributed by atoms with Gasteiger partial charge in [-0.3, -0.25) is 14.7 Å². The number of benzene rings is 2. The van der Waals surface area contributed by atoms with Crippen molar-refractivity contribution in [1.82, 2.24) is 25.2 Å². The number of methoxy groups -OCH3 is 2. The molecular formula is C34H35Cl2N5O4. The topological polar surface area (TPSA) is 110 Å². The molecule has 2 aliphatic rings. The molecule has 0 radical (unpaired) electrons. The molecule has 0 saturated carbocycles. The van der Waals surface area contributed by atoms with Crippen LogP contribution in [0.1, 0.15) is 36.9 Å². The molecule has 9 nitrogen and oxygen atoms in total. The van der Waals surface area contributed by atoms with Gasteiger partial charge in [0.2, 0.25) is 17.7 Å². The summed E-state index contributed by atoms with van der Waals surface area (Å²) in [6.07, 6.45) is 5.38. The van der Waals surface area contributed by atoms with E-state index >= 15 is 0 Å². The normalized spacial score (nSPS) is 16.8. The second-order valence-corrected chi connectivity index (χ2v) is 12.2. The molecule has 0 aliphatic carbocycles. The van der Waals surface area contributed by atoms with Gasteiger partial charge in [-0.05, 0) is 31.7 Å². The highest BCUT2D eigenvalue weighted by Gasteiger charge is 2.26. The summed E-state index contributed by atoms with van der Waals surface area (Å²) in [7, 11) is 3.19. The lowest BCUT2D eigenvalue weighted by atomic mass is 9.98. The smallest absolute Gasteiger partial charge is 0.235 e. The first-order valence-electron chi connectivity index (χ1n) is 15.1. The molecule has 6 rings (SSSR count). The number of aryl methyl sites for hydroxylation is 1. The van der Waals surface area contributed by atoms with E-state index < -0.39 is 0 Å². The van der Waals surface area contributed by atoms with Gasteiger partial charge >= 0.3 is 0 Å². The van der Waals surface area contributed by atoms with Crippen LogP contribution in [0, 0.1) is 0 Å². The molecule has 0 unspecified atom stereocenters. The maximum absolute atomic E-state index is 11.5. The third-order valence-corrected chi connectivity index (χ3v) is 9.17. The van der Waals surface area contributed by atoms with Crippen molar-refractivity contribution in [3.63, 3.8) is 0 Å². The van der Waals surface area contributed by atoms with E-state index in [1.165, 1.54) is 0 Å². The van der Waals surface area contributed by atoms with Gasteiger partial charge in [0, 0.05) is 59.9 Å². The Morgan fingerprint density at radius 2 is 1.56 bits per heavy atom. The van der Waals surface area contributed by atoms with Gasteiger partial charge in [-0.1, -0.05) is 65.7 Å². The summed E-state index contributed by atoms with van der Waals surface area (Å²) in [6.45, 7) is 1.94. The monoisotopic (exact) mass is 647 g/mol. The van der Waals surface area contributed by atoms with Crippen LogP contribution in [-0.2, 0) is 17.8 Å². The lowest BCUT2D eigenvalue weighted by Crippen LogP contribution is -2.49. The van der Waals surface area contributed by atoms with Crippen molar-refractivity contribution in [3.05, 3.63) is 76.0 Å². The maximum Gasteiger partial charge on any atom is 0.235 e. The summed E-state index contributed by atoms with van der Waals surface area (Å²) in [6, 6.07) is 15.7. The van der Waals surface area contributed by atoms with E-state index in [1.807, 2.05) is 48.5 Å². The number of amides is 1.